The van der Waals surface area contributed by atoms with Gasteiger partial charge >= 0.3 is 0 Å². The number of nitrogens with two attached hydrogens (primary N) is 1. The van der Waals surface area contributed by atoms with E-state index >= 15 is 0 Å². The quantitative estimate of drug-likeness (QED) is 0.817. The van der Waals surface area contributed by atoms with Crippen LogP contribution in [0.15, 0.2) is 24.3 Å². The van der Waals surface area contributed by atoms with Gasteiger partial charge in [-0.3, -0.25) is 4.90 Å². The van der Waals surface area contributed by atoms with E-state index < -0.39 is 0 Å². The van der Waals surface area contributed by atoms with Gasteiger partial charge in [0, 0.05) is 12.6 Å². The minimum absolute atomic E-state index is 0.425. The highest BCUT2D eigenvalue weighted by atomic mass is 15.2. The highest BCUT2D eigenvalue weighted by molar-refractivity contribution is 5.29. The molecule has 0 bridgehead atoms. The molecule has 0 radical (unpaired) electrons. The van der Waals surface area contributed by atoms with Crippen LogP contribution in [0.5, 0.6) is 0 Å². The number of benzene rings is 1. The molecule has 1 aromatic rings. The van der Waals surface area contributed by atoms with Crippen molar-refractivity contribution in [1.29, 1.82) is 0 Å². The van der Waals surface area contributed by atoms with Crippen LogP contribution in [0, 0.1) is 6.92 Å². The standard InChI is InChI=1S/C13H20N2/c1-11-6-2-3-7-12(11)13(10-14)15-8-4-5-9-15/h2-3,6-7,13H,4-5,8-10,14H2,1H3/t13-/m0/s1. The molecule has 1 heterocycles. The SMILES string of the molecule is Cc1ccccc1[C@H](CN)N1CCCC1. The summed E-state index contributed by atoms with van der Waals surface area (Å²) < 4.78 is 0. The third kappa shape index (κ3) is 2.21. The lowest BCUT2D eigenvalue weighted by Crippen LogP contribution is -2.31. The second-order valence-electron chi connectivity index (χ2n) is 4.35. The Balaban J connectivity index is 2.22. The number of likely N-dealkylation sites (tertiary alicyclic amines) is 1. The number of rotatable bonds is 3. The zero-order valence-electron chi connectivity index (χ0n) is 9.45. The lowest BCUT2D eigenvalue weighted by atomic mass is 10.0. The van der Waals surface area contributed by atoms with Crippen LogP contribution >= 0.6 is 0 Å². The summed E-state index contributed by atoms with van der Waals surface area (Å²) in [6, 6.07) is 9.02. The first-order chi connectivity index (χ1) is 7.33. The number of hydrogen-bond donors (Lipinski definition) is 1. The van der Waals surface area contributed by atoms with Crippen LogP contribution in [-0.2, 0) is 0 Å². The van der Waals surface area contributed by atoms with Gasteiger partial charge in [-0.2, -0.15) is 0 Å². The van der Waals surface area contributed by atoms with Crippen molar-refractivity contribution < 1.29 is 0 Å². The van der Waals surface area contributed by atoms with Crippen molar-refractivity contribution in [3.8, 4) is 0 Å². The fraction of sp³-hybridized carbons (Fsp3) is 0.538. The highest BCUT2D eigenvalue weighted by Gasteiger charge is 2.22. The molecule has 0 amide bonds. The molecule has 0 spiro atoms. The van der Waals surface area contributed by atoms with E-state index in [1.54, 1.807) is 0 Å². The minimum atomic E-state index is 0.425. The predicted molar refractivity (Wildman–Crippen MR) is 63.8 cm³/mol. The highest BCUT2D eigenvalue weighted by Crippen LogP contribution is 2.26. The topological polar surface area (TPSA) is 29.3 Å². The molecule has 2 N–H and O–H groups in total. The van der Waals surface area contributed by atoms with Crippen molar-refractivity contribution in [1.82, 2.24) is 4.90 Å². The molecule has 15 heavy (non-hydrogen) atoms. The molecule has 1 fully saturated rings. The van der Waals surface area contributed by atoms with Crippen molar-refractivity contribution in [3.63, 3.8) is 0 Å². The normalized spacial score (nSPS) is 19.3. The van der Waals surface area contributed by atoms with Gasteiger partial charge in [-0.05, 0) is 44.0 Å². The molecule has 0 aromatic heterocycles. The average molecular weight is 204 g/mol. The first kappa shape index (κ1) is 10.7. The molecule has 82 valence electrons. The van der Waals surface area contributed by atoms with Crippen LogP contribution in [0.3, 0.4) is 0 Å². The minimum Gasteiger partial charge on any atom is -0.329 e. The molecule has 0 saturated carbocycles. The van der Waals surface area contributed by atoms with Gasteiger partial charge in [0.25, 0.3) is 0 Å². The maximum Gasteiger partial charge on any atom is 0.0473 e. The van der Waals surface area contributed by atoms with E-state index in [0.29, 0.717) is 6.04 Å². The maximum atomic E-state index is 5.91. The Bertz CT molecular complexity index is 316. The van der Waals surface area contributed by atoms with Crippen molar-refractivity contribution in [2.75, 3.05) is 19.6 Å². The van der Waals surface area contributed by atoms with E-state index in [-0.39, 0.29) is 0 Å². The van der Waals surface area contributed by atoms with Crippen molar-refractivity contribution in [2.45, 2.75) is 25.8 Å². The van der Waals surface area contributed by atoms with E-state index in [2.05, 4.69) is 36.1 Å². The lowest BCUT2D eigenvalue weighted by molar-refractivity contribution is 0.250. The number of aryl methyl sites for hydroxylation is 1. The first-order valence-electron chi connectivity index (χ1n) is 5.82. The summed E-state index contributed by atoms with van der Waals surface area (Å²) in [5.41, 5.74) is 8.68. The van der Waals surface area contributed by atoms with Crippen LogP contribution in [0.25, 0.3) is 0 Å². The molecular formula is C13H20N2. The first-order valence-corrected chi connectivity index (χ1v) is 5.82. The zero-order valence-corrected chi connectivity index (χ0v) is 9.45. The lowest BCUT2D eigenvalue weighted by Gasteiger charge is -2.27. The van der Waals surface area contributed by atoms with E-state index in [0.717, 1.165) is 6.54 Å². The van der Waals surface area contributed by atoms with Crippen LogP contribution < -0.4 is 5.73 Å². The largest absolute Gasteiger partial charge is 0.329 e. The second-order valence-corrected chi connectivity index (χ2v) is 4.35. The zero-order chi connectivity index (χ0) is 10.7. The van der Waals surface area contributed by atoms with Gasteiger partial charge in [-0.1, -0.05) is 24.3 Å². The van der Waals surface area contributed by atoms with Gasteiger partial charge in [0.2, 0.25) is 0 Å². The summed E-state index contributed by atoms with van der Waals surface area (Å²) in [5, 5.41) is 0. The van der Waals surface area contributed by atoms with Crippen LogP contribution in [0.4, 0.5) is 0 Å². The van der Waals surface area contributed by atoms with Gasteiger partial charge in [0.15, 0.2) is 0 Å². The maximum absolute atomic E-state index is 5.91. The molecule has 0 aliphatic carbocycles. The third-order valence-corrected chi connectivity index (χ3v) is 3.35. The Labute approximate surface area is 92.1 Å². The second kappa shape index (κ2) is 4.77. The molecule has 0 unspecified atom stereocenters. The summed E-state index contributed by atoms with van der Waals surface area (Å²) in [7, 11) is 0. The van der Waals surface area contributed by atoms with Crippen LogP contribution in [0.2, 0.25) is 0 Å². The Morgan fingerprint density at radius 1 is 1.27 bits per heavy atom. The van der Waals surface area contributed by atoms with Crippen molar-refractivity contribution in [2.24, 2.45) is 5.73 Å². The Kier molecular flexibility index (Phi) is 3.39. The molecule has 2 nitrogen and oxygen atoms in total. The van der Waals surface area contributed by atoms with Gasteiger partial charge in [0.05, 0.1) is 0 Å². The van der Waals surface area contributed by atoms with Crippen molar-refractivity contribution in [3.05, 3.63) is 35.4 Å². The Morgan fingerprint density at radius 3 is 2.53 bits per heavy atom. The van der Waals surface area contributed by atoms with Gasteiger partial charge < -0.3 is 5.73 Å². The molecular weight excluding hydrogens is 184 g/mol. The molecule has 1 aromatic carbocycles. The predicted octanol–water partition coefficient (Wildman–Crippen LogP) is 2.09. The summed E-state index contributed by atoms with van der Waals surface area (Å²) in [6.45, 7) is 5.31. The molecule has 2 rings (SSSR count). The summed E-state index contributed by atoms with van der Waals surface area (Å²) in [5.74, 6) is 0. The number of hydrogen-bond acceptors (Lipinski definition) is 2. The summed E-state index contributed by atoms with van der Waals surface area (Å²) in [4.78, 5) is 2.52. The fourth-order valence-electron chi connectivity index (χ4n) is 2.49. The molecule has 1 aliphatic heterocycles. The van der Waals surface area contributed by atoms with Crippen LogP contribution in [-0.4, -0.2) is 24.5 Å². The average Bonchev–Trinajstić information content (AvgIpc) is 2.75. The fourth-order valence-corrected chi connectivity index (χ4v) is 2.49. The van der Waals surface area contributed by atoms with Gasteiger partial charge in [0.1, 0.15) is 0 Å². The van der Waals surface area contributed by atoms with E-state index in [4.69, 9.17) is 5.73 Å². The third-order valence-electron chi connectivity index (χ3n) is 3.35. The van der Waals surface area contributed by atoms with E-state index in [9.17, 15) is 0 Å². The van der Waals surface area contributed by atoms with Gasteiger partial charge in [-0.25, -0.2) is 0 Å². The van der Waals surface area contributed by atoms with E-state index in [1.165, 1.54) is 37.1 Å². The summed E-state index contributed by atoms with van der Waals surface area (Å²) in [6.07, 6.45) is 2.64. The van der Waals surface area contributed by atoms with E-state index in [1.807, 2.05) is 0 Å². The van der Waals surface area contributed by atoms with Crippen molar-refractivity contribution >= 4 is 0 Å². The molecule has 1 atom stereocenters. The van der Waals surface area contributed by atoms with Crippen LogP contribution in [0.1, 0.15) is 30.0 Å². The van der Waals surface area contributed by atoms with Gasteiger partial charge in [-0.15, -0.1) is 0 Å². The Morgan fingerprint density at radius 2 is 1.93 bits per heavy atom. The summed E-state index contributed by atoms with van der Waals surface area (Å²) >= 11 is 0. The number of nitrogens with zero attached hydrogens (tertiary/aromatic N) is 1. The smallest absolute Gasteiger partial charge is 0.0473 e. The monoisotopic (exact) mass is 204 g/mol. The Hall–Kier alpha value is -0.860. The molecule has 1 saturated heterocycles. The molecule has 1 aliphatic rings. The molecule has 2 heteroatoms.